The van der Waals surface area contributed by atoms with Crippen LogP contribution in [0, 0.1) is 0 Å². The first kappa shape index (κ1) is 56.0. The molecule has 60 heavy (non-hydrogen) atoms. The second kappa shape index (κ2) is 39.8. The van der Waals surface area contributed by atoms with E-state index in [1.54, 1.807) is 0 Å². The lowest BCUT2D eigenvalue weighted by Crippen LogP contribution is -2.60. The zero-order chi connectivity index (χ0) is 43.9. The summed E-state index contributed by atoms with van der Waals surface area (Å²) >= 11 is 0. The summed E-state index contributed by atoms with van der Waals surface area (Å²) in [6.45, 7) is 3.82. The molecule has 1 fully saturated rings. The van der Waals surface area contributed by atoms with E-state index >= 15 is 0 Å². The summed E-state index contributed by atoms with van der Waals surface area (Å²) in [6.07, 6.45) is 34.1. The Morgan fingerprint density at radius 2 is 0.883 bits per heavy atom. The lowest BCUT2D eigenvalue weighted by molar-refractivity contribution is -0.298. The van der Waals surface area contributed by atoms with Crippen LogP contribution in [0.1, 0.15) is 232 Å². The maximum atomic E-state index is 12.8. The van der Waals surface area contributed by atoms with Crippen molar-refractivity contribution in [1.29, 1.82) is 0 Å². The average molecular weight is 855 g/mol. The molecule has 0 saturated carbocycles. The summed E-state index contributed by atoms with van der Waals surface area (Å²) in [4.78, 5) is 36.9. The van der Waals surface area contributed by atoms with Crippen LogP contribution in [0.15, 0.2) is 12.2 Å². The monoisotopic (exact) mass is 855 g/mol. The van der Waals surface area contributed by atoms with Crippen LogP contribution in [0.3, 0.4) is 0 Å². The number of esters is 2. The molecular formula is C49H90O11. The Kier molecular flexibility index (Phi) is 37.1. The van der Waals surface area contributed by atoms with Crippen molar-refractivity contribution >= 4 is 17.9 Å². The van der Waals surface area contributed by atoms with E-state index in [1.165, 1.54) is 135 Å². The standard InChI is InChI=1S/C49H90O11/c1-3-5-7-9-11-13-15-17-18-19-20-21-22-23-24-26-28-30-32-34-36-38-43(51)59-41(40-58-49-46(54)44(52)45(53)47(60-49)48(55)56)39-57-42(50)37-35-33-31-29-27-25-16-14-12-10-8-6-4-2/h14,16,41,44-47,49,52-54H,3-13,15,17-40H2,1-2H3,(H,55,56)/b16-14-. The van der Waals surface area contributed by atoms with Gasteiger partial charge >= 0.3 is 17.9 Å². The van der Waals surface area contributed by atoms with E-state index in [4.69, 9.17) is 18.9 Å². The van der Waals surface area contributed by atoms with E-state index in [9.17, 15) is 34.8 Å². The Labute approximate surface area is 365 Å². The molecule has 6 atom stereocenters. The average Bonchev–Trinajstić information content (AvgIpc) is 3.23. The van der Waals surface area contributed by atoms with Crippen LogP contribution in [-0.2, 0) is 33.3 Å². The lowest BCUT2D eigenvalue weighted by Gasteiger charge is -2.38. The minimum atomic E-state index is -1.86. The van der Waals surface area contributed by atoms with Gasteiger partial charge < -0.3 is 39.4 Å². The summed E-state index contributed by atoms with van der Waals surface area (Å²) in [5.74, 6) is -2.44. The minimum absolute atomic E-state index is 0.187. The number of allylic oxidation sites excluding steroid dienone is 2. The van der Waals surface area contributed by atoms with Crippen LogP contribution in [0.5, 0.6) is 0 Å². The molecule has 0 aromatic rings. The number of aliphatic carboxylic acids is 1. The van der Waals surface area contributed by atoms with Gasteiger partial charge in [-0.2, -0.15) is 0 Å². The molecule has 1 aliphatic rings. The van der Waals surface area contributed by atoms with Gasteiger partial charge in [0.2, 0.25) is 0 Å². The highest BCUT2D eigenvalue weighted by molar-refractivity contribution is 5.73. The number of carbonyl (C=O) groups excluding carboxylic acids is 2. The SMILES string of the molecule is CCCCCC/C=C\CCCCCCCC(=O)OCC(COC1OC(C(=O)O)C(O)C(O)C1O)OC(=O)CCCCCCCCCCCCCCCCCCCCCCC. The molecule has 0 aliphatic carbocycles. The first-order valence-electron chi connectivity index (χ1n) is 24.7. The third kappa shape index (κ3) is 30.9. The van der Waals surface area contributed by atoms with Gasteiger partial charge in [-0.05, 0) is 38.5 Å². The molecule has 6 unspecified atom stereocenters. The number of rotatable bonds is 42. The van der Waals surface area contributed by atoms with Crippen LogP contribution in [0.4, 0.5) is 0 Å². The fourth-order valence-corrected chi connectivity index (χ4v) is 7.70. The summed E-state index contributed by atoms with van der Waals surface area (Å²) in [5.41, 5.74) is 0. The maximum Gasteiger partial charge on any atom is 0.335 e. The molecule has 11 nitrogen and oxygen atoms in total. The summed E-state index contributed by atoms with van der Waals surface area (Å²) < 4.78 is 21.8. The van der Waals surface area contributed by atoms with E-state index in [1.807, 2.05) is 0 Å². The number of carbonyl (C=O) groups is 3. The summed E-state index contributed by atoms with van der Waals surface area (Å²) in [6, 6.07) is 0. The lowest BCUT2D eigenvalue weighted by atomic mass is 9.99. The zero-order valence-electron chi connectivity index (χ0n) is 38.2. The summed E-state index contributed by atoms with van der Waals surface area (Å²) in [5, 5.41) is 39.9. The number of aliphatic hydroxyl groups is 3. The van der Waals surface area contributed by atoms with Gasteiger partial charge in [-0.15, -0.1) is 0 Å². The van der Waals surface area contributed by atoms with Crippen molar-refractivity contribution < 1.29 is 53.8 Å². The fraction of sp³-hybridized carbons (Fsp3) is 0.898. The molecule has 352 valence electrons. The highest BCUT2D eigenvalue weighted by atomic mass is 16.7. The first-order chi connectivity index (χ1) is 29.2. The quantitative estimate of drug-likeness (QED) is 0.0262. The predicted octanol–water partition coefficient (Wildman–Crippen LogP) is 11.2. The fourth-order valence-electron chi connectivity index (χ4n) is 7.70. The van der Waals surface area contributed by atoms with Crippen molar-refractivity contribution in [3.8, 4) is 0 Å². The van der Waals surface area contributed by atoms with Crippen molar-refractivity contribution in [2.45, 2.75) is 269 Å². The number of hydrogen-bond donors (Lipinski definition) is 4. The number of ether oxygens (including phenoxy) is 4. The molecule has 0 aromatic heterocycles. The third-order valence-corrected chi connectivity index (χ3v) is 11.6. The number of carboxylic acids is 1. The Bertz CT molecular complexity index is 1050. The van der Waals surface area contributed by atoms with Gasteiger partial charge in [-0.1, -0.05) is 193 Å². The molecule has 1 saturated heterocycles. The van der Waals surface area contributed by atoms with E-state index in [0.717, 1.165) is 57.8 Å². The predicted molar refractivity (Wildman–Crippen MR) is 239 cm³/mol. The second-order valence-electron chi connectivity index (χ2n) is 17.3. The molecule has 0 amide bonds. The molecule has 0 radical (unpaired) electrons. The van der Waals surface area contributed by atoms with E-state index in [0.29, 0.717) is 12.8 Å². The summed E-state index contributed by atoms with van der Waals surface area (Å²) in [7, 11) is 0. The van der Waals surface area contributed by atoms with Crippen molar-refractivity contribution in [3.05, 3.63) is 12.2 Å². The highest BCUT2D eigenvalue weighted by Crippen LogP contribution is 2.23. The zero-order valence-corrected chi connectivity index (χ0v) is 38.2. The van der Waals surface area contributed by atoms with Crippen molar-refractivity contribution in [1.82, 2.24) is 0 Å². The van der Waals surface area contributed by atoms with E-state index < -0.39 is 54.7 Å². The van der Waals surface area contributed by atoms with Crippen molar-refractivity contribution in [2.24, 2.45) is 0 Å². The maximum absolute atomic E-state index is 12.8. The number of carboxylic acid groups (broad SMARTS) is 1. The Morgan fingerprint density at radius 1 is 0.500 bits per heavy atom. The Morgan fingerprint density at radius 3 is 1.32 bits per heavy atom. The van der Waals surface area contributed by atoms with Crippen molar-refractivity contribution in [2.75, 3.05) is 13.2 Å². The molecule has 1 aliphatic heterocycles. The highest BCUT2D eigenvalue weighted by Gasteiger charge is 2.47. The number of hydrogen-bond acceptors (Lipinski definition) is 10. The van der Waals surface area contributed by atoms with Crippen molar-refractivity contribution in [3.63, 3.8) is 0 Å². The van der Waals surface area contributed by atoms with Crippen LogP contribution < -0.4 is 0 Å². The van der Waals surface area contributed by atoms with Gasteiger partial charge in [0, 0.05) is 12.8 Å². The normalized spacial score (nSPS) is 19.8. The van der Waals surface area contributed by atoms with Crippen LogP contribution in [0.2, 0.25) is 0 Å². The Balaban J connectivity index is 2.29. The van der Waals surface area contributed by atoms with Gasteiger partial charge in [0.15, 0.2) is 18.5 Å². The van der Waals surface area contributed by atoms with E-state index in [-0.39, 0.29) is 26.1 Å². The molecule has 1 heterocycles. The smallest absolute Gasteiger partial charge is 0.335 e. The Hall–Kier alpha value is -2.05. The molecule has 1 rings (SSSR count). The number of unbranched alkanes of at least 4 members (excludes halogenated alkanes) is 29. The third-order valence-electron chi connectivity index (χ3n) is 11.6. The topological polar surface area (TPSA) is 169 Å². The second-order valence-corrected chi connectivity index (χ2v) is 17.3. The first-order valence-corrected chi connectivity index (χ1v) is 24.7. The molecule has 0 aromatic carbocycles. The largest absolute Gasteiger partial charge is 0.479 e. The van der Waals surface area contributed by atoms with Crippen LogP contribution >= 0.6 is 0 Å². The van der Waals surface area contributed by atoms with Gasteiger partial charge in [-0.3, -0.25) is 9.59 Å². The van der Waals surface area contributed by atoms with Crippen LogP contribution in [-0.4, -0.2) is 88.4 Å². The van der Waals surface area contributed by atoms with Gasteiger partial charge in [0.1, 0.15) is 24.9 Å². The van der Waals surface area contributed by atoms with Crippen LogP contribution in [0.25, 0.3) is 0 Å². The van der Waals surface area contributed by atoms with Gasteiger partial charge in [0.05, 0.1) is 6.61 Å². The minimum Gasteiger partial charge on any atom is -0.479 e. The molecule has 4 N–H and O–H groups in total. The van der Waals surface area contributed by atoms with Gasteiger partial charge in [0.25, 0.3) is 0 Å². The molecular weight excluding hydrogens is 765 g/mol. The van der Waals surface area contributed by atoms with E-state index in [2.05, 4.69) is 26.0 Å². The van der Waals surface area contributed by atoms with Gasteiger partial charge in [-0.25, -0.2) is 4.79 Å². The molecule has 0 spiro atoms. The number of aliphatic hydroxyl groups excluding tert-OH is 3. The molecule has 0 bridgehead atoms. The molecule has 11 heteroatoms.